The summed E-state index contributed by atoms with van der Waals surface area (Å²) in [7, 11) is 0. The number of carbonyl (C=O) groups excluding carboxylic acids is 3. The predicted octanol–water partition coefficient (Wildman–Crippen LogP) is 1.98. The van der Waals surface area contributed by atoms with Crippen LogP contribution >= 0.6 is 0 Å². The zero-order valence-electron chi connectivity index (χ0n) is 22.8. The number of cyclic esters (lactones) is 1. The molecule has 39 heavy (non-hydrogen) atoms. The number of aromatic nitrogens is 2. The van der Waals surface area contributed by atoms with Gasteiger partial charge in [0, 0.05) is 37.8 Å². The Bertz CT molecular complexity index is 1100. The number of alkyl halides is 1. The Morgan fingerprint density at radius 3 is 2.82 bits per heavy atom. The number of nitrogens with two attached hydrogens (primary N) is 1. The van der Waals surface area contributed by atoms with Crippen molar-refractivity contribution in [1.82, 2.24) is 20.2 Å². The molecule has 0 spiro atoms. The Kier molecular flexibility index (Phi) is 11.0. The van der Waals surface area contributed by atoms with Gasteiger partial charge in [-0.1, -0.05) is 43.7 Å². The van der Waals surface area contributed by atoms with Gasteiger partial charge >= 0.3 is 5.97 Å². The van der Waals surface area contributed by atoms with Gasteiger partial charge in [-0.05, 0) is 32.4 Å². The van der Waals surface area contributed by atoms with Crippen molar-refractivity contribution in [3.8, 4) is 0 Å². The van der Waals surface area contributed by atoms with Crippen LogP contribution in [0.5, 0.6) is 0 Å². The van der Waals surface area contributed by atoms with E-state index in [4.69, 9.17) is 10.5 Å². The first-order valence-electron chi connectivity index (χ1n) is 13.5. The van der Waals surface area contributed by atoms with Crippen LogP contribution in [0.4, 0.5) is 4.39 Å². The second-order valence-corrected chi connectivity index (χ2v) is 10.4. The third-order valence-corrected chi connectivity index (χ3v) is 7.04. The molecular weight excluding hydrogens is 505 g/mol. The number of esters is 1. The molecule has 0 aromatic carbocycles. The molecule has 2 aliphatic rings. The van der Waals surface area contributed by atoms with E-state index in [0.29, 0.717) is 19.4 Å². The summed E-state index contributed by atoms with van der Waals surface area (Å²) in [5, 5.41) is 13.0. The minimum Gasteiger partial charge on any atom is -0.460 e. The van der Waals surface area contributed by atoms with E-state index in [-0.39, 0.29) is 55.2 Å². The lowest BCUT2D eigenvalue weighted by atomic mass is 9.92. The first-order chi connectivity index (χ1) is 18.6. The predicted molar refractivity (Wildman–Crippen MR) is 144 cm³/mol. The summed E-state index contributed by atoms with van der Waals surface area (Å²) in [5.41, 5.74) is 6.77. The molecule has 3 heterocycles. The molecule has 6 atom stereocenters. The van der Waals surface area contributed by atoms with Gasteiger partial charge in [0.05, 0.1) is 12.3 Å². The van der Waals surface area contributed by atoms with Gasteiger partial charge in [-0.25, -0.2) is 14.2 Å². The van der Waals surface area contributed by atoms with E-state index >= 15 is 0 Å². The number of H-pyrrole nitrogens is 1. The molecular formula is C28H40FN5O5. The molecule has 1 aromatic heterocycles. The van der Waals surface area contributed by atoms with Crippen molar-refractivity contribution in [3.63, 3.8) is 0 Å². The Morgan fingerprint density at radius 1 is 1.31 bits per heavy atom. The second kappa shape index (κ2) is 14.2. The van der Waals surface area contributed by atoms with E-state index in [1.165, 1.54) is 17.2 Å². The van der Waals surface area contributed by atoms with Crippen molar-refractivity contribution in [2.75, 3.05) is 19.6 Å². The van der Waals surface area contributed by atoms with Crippen molar-refractivity contribution in [1.29, 1.82) is 0 Å². The van der Waals surface area contributed by atoms with Crippen LogP contribution in [-0.2, 0) is 20.7 Å². The topological polar surface area (TPSA) is 151 Å². The summed E-state index contributed by atoms with van der Waals surface area (Å²) in [6.07, 6.45) is 7.25. The van der Waals surface area contributed by atoms with E-state index in [1.54, 1.807) is 31.2 Å². The van der Waals surface area contributed by atoms with E-state index in [9.17, 15) is 23.9 Å². The summed E-state index contributed by atoms with van der Waals surface area (Å²) in [6.45, 7) is 6.39. The zero-order chi connectivity index (χ0) is 28.5. The number of aromatic amines is 1. The number of ether oxygens (including phenoxy) is 1. The molecule has 1 saturated heterocycles. The number of aliphatic hydroxyl groups is 1. The lowest BCUT2D eigenvalue weighted by Gasteiger charge is -2.30. The Balaban J connectivity index is 1.86. The SMILES string of the molecule is CC1=C\[C@@H](O)C[C@@H](F)Cc2ncc([nH]2)C(=O)N2CCC[C@@H]2C(=O)O[C@H]([C@H](C)CN)[C@H](C)/C=C/C(=O)NC\C=C\1. The van der Waals surface area contributed by atoms with Crippen LogP contribution in [0.25, 0.3) is 0 Å². The van der Waals surface area contributed by atoms with E-state index in [1.807, 2.05) is 13.8 Å². The smallest absolute Gasteiger partial charge is 0.329 e. The first kappa shape index (κ1) is 30.2. The standard InChI is InChI=1S/C28H40FN5O5/c1-17-6-4-10-31-25(36)9-8-18(2)26(19(3)15-30)39-28(38)23-7-5-11-34(23)27(37)22-16-32-24(33-22)14-20(29)13-21(35)12-17/h4,6,8-9,12,16,18-21,23,26,35H,5,7,10-11,13-15,30H2,1-3H3,(H,31,36)(H,32,33)/b6-4+,9-8+,17-12+/t18-,19-,20-,21-,23-,26+/m1/s1. The van der Waals surface area contributed by atoms with E-state index in [0.717, 1.165) is 5.57 Å². The maximum atomic E-state index is 14.7. The Morgan fingerprint density at radius 2 is 2.08 bits per heavy atom. The minimum absolute atomic E-state index is 0.103. The molecule has 214 valence electrons. The van der Waals surface area contributed by atoms with Crippen molar-refractivity contribution < 1.29 is 28.6 Å². The summed E-state index contributed by atoms with van der Waals surface area (Å²) in [6, 6.07) is -0.774. The molecule has 10 nitrogen and oxygen atoms in total. The Hall–Kier alpha value is -3.31. The monoisotopic (exact) mass is 545 g/mol. The van der Waals surface area contributed by atoms with Gasteiger partial charge in [-0.2, -0.15) is 0 Å². The van der Waals surface area contributed by atoms with Gasteiger partial charge in [0.1, 0.15) is 29.8 Å². The van der Waals surface area contributed by atoms with Gasteiger partial charge < -0.3 is 30.8 Å². The number of carbonyl (C=O) groups is 3. The normalized spacial score (nSPS) is 31.8. The van der Waals surface area contributed by atoms with Gasteiger partial charge in [0.25, 0.3) is 5.91 Å². The van der Waals surface area contributed by atoms with Crippen molar-refractivity contribution >= 4 is 17.8 Å². The third-order valence-electron chi connectivity index (χ3n) is 7.04. The van der Waals surface area contributed by atoms with Crippen molar-refractivity contribution in [2.24, 2.45) is 17.6 Å². The Labute approximate surface area is 228 Å². The number of hydrogen-bond acceptors (Lipinski definition) is 7. The highest BCUT2D eigenvalue weighted by Gasteiger charge is 2.38. The fraction of sp³-hybridized carbons (Fsp3) is 0.571. The van der Waals surface area contributed by atoms with Crippen molar-refractivity contribution in [3.05, 3.63) is 53.7 Å². The number of halogens is 1. The molecule has 3 rings (SSSR count). The number of nitrogens with zero attached hydrogens (tertiary/aromatic N) is 2. The molecule has 2 bridgehead atoms. The number of hydrogen-bond donors (Lipinski definition) is 4. The van der Waals surface area contributed by atoms with Crippen LogP contribution in [-0.4, -0.2) is 81.8 Å². The summed E-state index contributed by atoms with van der Waals surface area (Å²) < 4.78 is 20.6. The highest BCUT2D eigenvalue weighted by atomic mass is 19.1. The summed E-state index contributed by atoms with van der Waals surface area (Å²) in [5.74, 6) is -1.47. The number of nitrogens with one attached hydrogen (secondary N) is 2. The summed E-state index contributed by atoms with van der Waals surface area (Å²) in [4.78, 5) is 47.3. The highest BCUT2D eigenvalue weighted by molar-refractivity contribution is 5.95. The summed E-state index contributed by atoms with van der Waals surface area (Å²) >= 11 is 0. The number of amides is 2. The molecule has 0 saturated carbocycles. The largest absolute Gasteiger partial charge is 0.460 e. The lowest BCUT2D eigenvalue weighted by molar-refractivity contribution is -0.158. The fourth-order valence-corrected chi connectivity index (χ4v) is 4.87. The average Bonchev–Trinajstić information content (AvgIpc) is 3.57. The van der Waals surface area contributed by atoms with Gasteiger partial charge in [-0.15, -0.1) is 0 Å². The molecule has 2 amide bonds. The molecule has 0 unspecified atom stereocenters. The van der Waals surface area contributed by atoms with Crippen LogP contribution in [0.15, 0.2) is 42.2 Å². The van der Waals surface area contributed by atoms with Crippen LogP contribution in [0, 0.1) is 11.8 Å². The van der Waals surface area contributed by atoms with E-state index < -0.39 is 36.3 Å². The third kappa shape index (κ3) is 8.59. The molecule has 1 fully saturated rings. The second-order valence-electron chi connectivity index (χ2n) is 10.4. The number of imidazole rings is 1. The molecule has 5 N–H and O–H groups in total. The molecule has 11 heteroatoms. The molecule has 0 radical (unpaired) electrons. The number of fused-ring (bicyclic) bond motifs is 3. The number of allylic oxidation sites excluding steroid dienone is 2. The zero-order valence-corrected chi connectivity index (χ0v) is 22.8. The fourth-order valence-electron chi connectivity index (χ4n) is 4.87. The van der Waals surface area contributed by atoms with Gasteiger partial charge in [0.15, 0.2) is 0 Å². The van der Waals surface area contributed by atoms with Crippen LogP contribution < -0.4 is 11.1 Å². The molecule has 0 aliphatic carbocycles. The number of aliphatic hydroxyl groups excluding tert-OH is 1. The van der Waals surface area contributed by atoms with Crippen molar-refractivity contribution in [2.45, 2.75) is 70.9 Å². The number of rotatable bonds is 2. The van der Waals surface area contributed by atoms with Gasteiger partial charge in [-0.3, -0.25) is 9.59 Å². The maximum absolute atomic E-state index is 14.7. The minimum atomic E-state index is -1.40. The van der Waals surface area contributed by atoms with Crippen LogP contribution in [0.1, 0.15) is 56.3 Å². The molecule has 2 aliphatic heterocycles. The van der Waals surface area contributed by atoms with Crippen LogP contribution in [0.2, 0.25) is 0 Å². The maximum Gasteiger partial charge on any atom is 0.329 e. The van der Waals surface area contributed by atoms with Crippen LogP contribution in [0.3, 0.4) is 0 Å². The van der Waals surface area contributed by atoms with E-state index in [2.05, 4.69) is 15.3 Å². The molecule has 1 aromatic rings. The average molecular weight is 546 g/mol. The highest BCUT2D eigenvalue weighted by Crippen LogP contribution is 2.25. The quantitative estimate of drug-likeness (QED) is 0.415. The first-order valence-corrected chi connectivity index (χ1v) is 13.5. The van der Waals surface area contributed by atoms with Gasteiger partial charge in [0.2, 0.25) is 5.91 Å². The lowest BCUT2D eigenvalue weighted by Crippen LogP contribution is -2.45.